The van der Waals surface area contributed by atoms with E-state index in [1.165, 1.54) is 4.90 Å². The van der Waals surface area contributed by atoms with Crippen molar-refractivity contribution in [2.24, 2.45) is 0 Å². The number of carbonyl (C=O) groups excluding carboxylic acids is 3. The smallest absolute Gasteiger partial charge is 0.325 e. The monoisotopic (exact) mass is 431 g/mol. The van der Waals surface area contributed by atoms with Gasteiger partial charge in [0.25, 0.3) is 5.91 Å². The van der Waals surface area contributed by atoms with E-state index in [1.54, 1.807) is 7.11 Å². The number of methoxy groups -OCH3 is 1. The highest BCUT2D eigenvalue weighted by Crippen LogP contribution is 2.34. The summed E-state index contributed by atoms with van der Waals surface area (Å²) in [5, 5.41) is 5.80. The van der Waals surface area contributed by atoms with Gasteiger partial charge >= 0.3 is 6.03 Å². The highest BCUT2D eigenvalue weighted by molar-refractivity contribution is 6.07. The van der Waals surface area contributed by atoms with Crippen LogP contribution >= 0.6 is 0 Å². The molecule has 0 aromatic heterocycles. The highest BCUT2D eigenvalue weighted by atomic mass is 16.5. The van der Waals surface area contributed by atoms with Crippen LogP contribution < -0.4 is 20.1 Å². The molecule has 1 aliphatic carbocycles. The lowest BCUT2D eigenvalue weighted by Crippen LogP contribution is -2.48. The molecule has 1 atom stereocenters. The molecular formula is C23H33N3O5. The summed E-state index contributed by atoms with van der Waals surface area (Å²) in [7, 11) is 1.58. The first-order valence-corrected chi connectivity index (χ1v) is 11.1. The number of imide groups is 1. The lowest BCUT2D eigenvalue weighted by atomic mass is 9.82. The molecule has 170 valence electrons. The fourth-order valence-corrected chi connectivity index (χ4v) is 4.27. The Labute approximate surface area is 183 Å². The average molecular weight is 432 g/mol. The van der Waals surface area contributed by atoms with E-state index in [2.05, 4.69) is 10.6 Å². The minimum atomic E-state index is -0.753. The molecule has 1 saturated heterocycles. The Morgan fingerprint density at radius 2 is 1.97 bits per heavy atom. The second kappa shape index (κ2) is 10.0. The number of hydrogen-bond acceptors (Lipinski definition) is 5. The molecule has 2 N–H and O–H groups in total. The van der Waals surface area contributed by atoms with E-state index in [0.29, 0.717) is 30.9 Å². The number of benzene rings is 1. The zero-order valence-electron chi connectivity index (χ0n) is 18.7. The number of carbonyl (C=O) groups is 3. The Balaban J connectivity index is 1.55. The number of amides is 4. The Morgan fingerprint density at radius 3 is 2.65 bits per heavy atom. The highest BCUT2D eigenvalue weighted by Gasteiger charge is 2.51. The predicted molar refractivity (Wildman–Crippen MR) is 116 cm³/mol. The minimum Gasteiger partial charge on any atom is -0.493 e. The third-order valence-electron chi connectivity index (χ3n) is 6.04. The maximum atomic E-state index is 12.8. The zero-order chi connectivity index (χ0) is 22.4. The lowest BCUT2D eigenvalue weighted by Gasteiger charge is -2.30. The summed E-state index contributed by atoms with van der Waals surface area (Å²) in [5.41, 5.74) is 0.127. The fraction of sp³-hybridized carbons (Fsp3) is 0.609. The average Bonchev–Trinajstić information content (AvgIpc) is 2.99. The molecule has 0 bridgehead atoms. The quantitative estimate of drug-likeness (QED) is 0.585. The summed E-state index contributed by atoms with van der Waals surface area (Å²) in [4.78, 5) is 38.8. The molecule has 31 heavy (non-hydrogen) atoms. The lowest BCUT2D eigenvalue weighted by molar-refractivity contribution is -0.132. The molecule has 1 unspecified atom stereocenters. The number of nitrogens with zero attached hydrogens (tertiary/aromatic N) is 1. The molecule has 2 aliphatic rings. The van der Waals surface area contributed by atoms with Crippen molar-refractivity contribution in [3.63, 3.8) is 0 Å². The Hall–Kier alpha value is -2.77. The summed E-state index contributed by atoms with van der Waals surface area (Å²) in [5.74, 6) is 0.874. The summed E-state index contributed by atoms with van der Waals surface area (Å²) >= 11 is 0. The van der Waals surface area contributed by atoms with E-state index >= 15 is 0 Å². The van der Waals surface area contributed by atoms with E-state index in [4.69, 9.17) is 9.47 Å². The van der Waals surface area contributed by atoms with Gasteiger partial charge in [-0.05, 0) is 43.9 Å². The molecule has 1 aromatic rings. The summed E-state index contributed by atoms with van der Waals surface area (Å²) < 4.78 is 11.1. The van der Waals surface area contributed by atoms with Crippen molar-refractivity contribution in [1.82, 2.24) is 15.5 Å². The molecule has 1 saturated carbocycles. The van der Waals surface area contributed by atoms with Gasteiger partial charge in [0.2, 0.25) is 5.91 Å². The topological polar surface area (TPSA) is 97.0 Å². The van der Waals surface area contributed by atoms with Gasteiger partial charge in [-0.2, -0.15) is 0 Å². The number of hydrogen-bond donors (Lipinski definition) is 2. The van der Waals surface area contributed by atoms with Gasteiger partial charge in [0.05, 0.1) is 19.8 Å². The van der Waals surface area contributed by atoms with Gasteiger partial charge in [0.1, 0.15) is 5.54 Å². The molecule has 8 heteroatoms. The Bertz CT molecular complexity index is 819. The van der Waals surface area contributed by atoms with E-state index in [0.717, 1.165) is 31.2 Å². The number of urea groups is 1. The van der Waals surface area contributed by atoms with E-state index in [-0.39, 0.29) is 36.9 Å². The molecule has 1 aliphatic heterocycles. The van der Waals surface area contributed by atoms with Crippen molar-refractivity contribution in [1.29, 1.82) is 0 Å². The second-order valence-electron chi connectivity index (χ2n) is 8.33. The van der Waals surface area contributed by atoms with Gasteiger partial charge < -0.3 is 20.1 Å². The number of rotatable bonds is 9. The third kappa shape index (κ3) is 5.11. The predicted octanol–water partition coefficient (Wildman–Crippen LogP) is 3.31. The first kappa shape index (κ1) is 22.9. The number of ether oxygens (including phenoxy) is 2. The van der Waals surface area contributed by atoms with Gasteiger partial charge in [-0.15, -0.1) is 0 Å². The molecule has 4 amide bonds. The molecule has 3 rings (SSSR count). The molecule has 8 nitrogen and oxygen atoms in total. The van der Waals surface area contributed by atoms with Crippen LogP contribution in [0.5, 0.6) is 11.5 Å². The molecular weight excluding hydrogens is 398 g/mol. The zero-order valence-corrected chi connectivity index (χ0v) is 18.7. The molecule has 1 spiro atoms. The third-order valence-corrected chi connectivity index (χ3v) is 6.04. The number of nitrogens with one attached hydrogen (secondary N) is 2. The fourth-order valence-electron chi connectivity index (χ4n) is 4.27. The van der Waals surface area contributed by atoms with Gasteiger partial charge in [-0.3, -0.25) is 14.5 Å². The second-order valence-corrected chi connectivity index (χ2v) is 8.33. The van der Waals surface area contributed by atoms with Crippen molar-refractivity contribution in [3.8, 4) is 11.5 Å². The van der Waals surface area contributed by atoms with Crippen LogP contribution in [-0.4, -0.2) is 48.5 Å². The molecule has 0 radical (unpaired) electrons. The van der Waals surface area contributed by atoms with Crippen LogP contribution in [0.4, 0.5) is 4.79 Å². The van der Waals surface area contributed by atoms with Crippen molar-refractivity contribution in [2.75, 3.05) is 20.3 Å². The summed E-state index contributed by atoms with van der Waals surface area (Å²) in [6.45, 7) is 4.60. The van der Waals surface area contributed by atoms with Crippen LogP contribution in [0.3, 0.4) is 0 Å². The SMILES string of the molecule is CCCOc1ccc(C(C)NC(=O)CCN2C(=O)NC3(CCCCC3)C2=O)cc1OC. The van der Waals surface area contributed by atoms with Gasteiger partial charge in [-0.25, -0.2) is 4.79 Å². The maximum Gasteiger partial charge on any atom is 0.325 e. The van der Waals surface area contributed by atoms with Crippen LogP contribution in [0.1, 0.15) is 70.4 Å². The molecule has 2 fully saturated rings. The van der Waals surface area contributed by atoms with Crippen LogP contribution in [0.25, 0.3) is 0 Å². The largest absolute Gasteiger partial charge is 0.493 e. The Kier molecular flexibility index (Phi) is 7.41. The van der Waals surface area contributed by atoms with E-state index in [9.17, 15) is 14.4 Å². The van der Waals surface area contributed by atoms with Crippen LogP contribution in [-0.2, 0) is 9.59 Å². The summed E-state index contributed by atoms with van der Waals surface area (Å²) in [6, 6.07) is 4.93. The van der Waals surface area contributed by atoms with Crippen molar-refractivity contribution < 1.29 is 23.9 Å². The van der Waals surface area contributed by atoms with Gasteiger partial charge in [0, 0.05) is 13.0 Å². The maximum absolute atomic E-state index is 12.8. The first-order valence-electron chi connectivity index (χ1n) is 11.1. The standard InChI is InChI=1S/C23H33N3O5/c1-4-14-31-18-9-8-17(15-19(18)30-3)16(2)24-20(27)10-13-26-21(28)23(25-22(26)29)11-6-5-7-12-23/h8-9,15-16H,4-7,10-14H2,1-3H3,(H,24,27)(H,25,29). The minimum absolute atomic E-state index is 0.0639. The normalized spacial score (nSPS) is 18.6. The van der Waals surface area contributed by atoms with Crippen molar-refractivity contribution >= 4 is 17.8 Å². The van der Waals surface area contributed by atoms with Crippen LogP contribution in [0, 0.1) is 0 Å². The summed E-state index contributed by atoms with van der Waals surface area (Å²) in [6.07, 6.45) is 5.27. The molecule has 1 heterocycles. The van der Waals surface area contributed by atoms with Crippen LogP contribution in [0.2, 0.25) is 0 Å². The van der Waals surface area contributed by atoms with Gasteiger partial charge in [0.15, 0.2) is 11.5 Å². The van der Waals surface area contributed by atoms with Crippen molar-refractivity contribution in [3.05, 3.63) is 23.8 Å². The first-order chi connectivity index (χ1) is 14.9. The van der Waals surface area contributed by atoms with Gasteiger partial charge in [-0.1, -0.05) is 32.3 Å². The van der Waals surface area contributed by atoms with Crippen LogP contribution in [0.15, 0.2) is 18.2 Å². The van der Waals surface area contributed by atoms with E-state index in [1.807, 2.05) is 32.0 Å². The molecule has 1 aromatic carbocycles. The van der Waals surface area contributed by atoms with E-state index < -0.39 is 5.54 Å². The Morgan fingerprint density at radius 1 is 1.23 bits per heavy atom. The van der Waals surface area contributed by atoms with Crippen molar-refractivity contribution in [2.45, 2.75) is 70.4 Å².